The molecule has 0 unspecified atom stereocenters. The van der Waals surface area contributed by atoms with Gasteiger partial charge in [-0.15, -0.1) is 0 Å². The number of aromatic nitrogens is 1. The second kappa shape index (κ2) is 4.79. The highest BCUT2D eigenvalue weighted by molar-refractivity contribution is 5.98. The highest BCUT2D eigenvalue weighted by Gasteiger charge is 2.20. The van der Waals surface area contributed by atoms with Gasteiger partial charge in [-0.05, 0) is 56.7 Å². The zero-order valence-electron chi connectivity index (χ0n) is 11.7. The van der Waals surface area contributed by atoms with Crippen molar-refractivity contribution < 1.29 is 4.39 Å². The molecule has 101 valence electrons. The standard InChI is InChI=1S/C17H16FN2/c1-10-11(2)20-17-13(9-19)8-14(18)16(15(10)17)12-6-4-3-5-7-12/h4,6,8,20H,3,5,7H2,1-2H3. The molecule has 1 heterocycles. The summed E-state index contributed by atoms with van der Waals surface area (Å²) in [6.45, 7) is 3.94. The predicted molar refractivity (Wildman–Crippen MR) is 78.6 cm³/mol. The van der Waals surface area contributed by atoms with Crippen molar-refractivity contribution in [2.75, 3.05) is 0 Å². The molecule has 0 spiro atoms. The molecule has 0 saturated heterocycles. The summed E-state index contributed by atoms with van der Waals surface area (Å²) < 4.78 is 14.5. The Hall–Kier alpha value is -2.08. The number of hydrogen-bond acceptors (Lipinski definition) is 1. The molecule has 1 radical (unpaired) electrons. The lowest BCUT2D eigenvalue weighted by Crippen LogP contribution is -1.98. The first-order valence-corrected chi connectivity index (χ1v) is 6.87. The maximum atomic E-state index is 14.5. The quantitative estimate of drug-likeness (QED) is 0.807. The SMILES string of the molecule is Cc1[nH]c2c(C#N)cc(F)c(C3=C[CH]CCC3)c2c1C. The number of nitriles is 1. The van der Waals surface area contributed by atoms with Gasteiger partial charge in [-0.2, -0.15) is 5.26 Å². The smallest absolute Gasteiger partial charge is 0.132 e. The monoisotopic (exact) mass is 267 g/mol. The molecule has 2 aromatic rings. The molecule has 0 atom stereocenters. The second-order valence-corrected chi connectivity index (χ2v) is 5.34. The normalized spacial score (nSPS) is 15.2. The lowest BCUT2D eigenvalue weighted by atomic mass is 9.89. The summed E-state index contributed by atoms with van der Waals surface area (Å²) in [5, 5.41) is 10.1. The molecule has 3 heteroatoms. The minimum atomic E-state index is -0.294. The van der Waals surface area contributed by atoms with Crippen LogP contribution in [0.15, 0.2) is 12.1 Å². The van der Waals surface area contributed by atoms with Crippen molar-refractivity contribution in [3.05, 3.63) is 46.8 Å². The van der Waals surface area contributed by atoms with Gasteiger partial charge in [0.25, 0.3) is 0 Å². The zero-order valence-corrected chi connectivity index (χ0v) is 11.7. The topological polar surface area (TPSA) is 39.6 Å². The predicted octanol–water partition coefficient (Wildman–Crippen LogP) is 4.57. The van der Waals surface area contributed by atoms with Crippen LogP contribution >= 0.6 is 0 Å². The lowest BCUT2D eigenvalue weighted by molar-refractivity contribution is 0.623. The van der Waals surface area contributed by atoms with Crippen LogP contribution in [0.4, 0.5) is 4.39 Å². The van der Waals surface area contributed by atoms with Crippen molar-refractivity contribution in [1.82, 2.24) is 4.98 Å². The molecule has 20 heavy (non-hydrogen) atoms. The van der Waals surface area contributed by atoms with Crippen LogP contribution in [0, 0.1) is 37.4 Å². The number of allylic oxidation sites excluding steroid dienone is 2. The van der Waals surface area contributed by atoms with E-state index in [1.165, 1.54) is 6.07 Å². The van der Waals surface area contributed by atoms with Gasteiger partial charge in [-0.25, -0.2) is 4.39 Å². The van der Waals surface area contributed by atoms with E-state index in [0.29, 0.717) is 11.1 Å². The Labute approximate surface area is 117 Å². The van der Waals surface area contributed by atoms with Gasteiger partial charge in [0, 0.05) is 16.6 Å². The Balaban J connectivity index is 2.40. The third-order valence-electron chi connectivity index (χ3n) is 4.11. The third kappa shape index (κ3) is 1.84. The van der Waals surface area contributed by atoms with E-state index in [1.54, 1.807) is 0 Å². The molecule has 0 amide bonds. The van der Waals surface area contributed by atoms with Crippen LogP contribution in [0.25, 0.3) is 16.5 Å². The van der Waals surface area contributed by atoms with Crippen molar-refractivity contribution in [3.8, 4) is 6.07 Å². The maximum Gasteiger partial charge on any atom is 0.132 e. The summed E-state index contributed by atoms with van der Waals surface area (Å²) in [4.78, 5) is 3.23. The zero-order chi connectivity index (χ0) is 14.3. The number of benzene rings is 1. The number of aryl methyl sites for hydroxylation is 2. The van der Waals surface area contributed by atoms with Crippen LogP contribution in [0.1, 0.15) is 41.6 Å². The van der Waals surface area contributed by atoms with E-state index in [1.807, 2.05) is 19.9 Å². The van der Waals surface area contributed by atoms with Gasteiger partial charge in [0.2, 0.25) is 0 Å². The van der Waals surface area contributed by atoms with Gasteiger partial charge >= 0.3 is 0 Å². The van der Waals surface area contributed by atoms with Gasteiger partial charge in [0.1, 0.15) is 11.9 Å². The second-order valence-electron chi connectivity index (χ2n) is 5.34. The Morgan fingerprint density at radius 1 is 1.35 bits per heavy atom. The Bertz CT molecular complexity index is 760. The first-order valence-electron chi connectivity index (χ1n) is 6.87. The molecule has 3 rings (SSSR count). The van der Waals surface area contributed by atoms with Crippen LogP contribution in [0.3, 0.4) is 0 Å². The summed E-state index contributed by atoms with van der Waals surface area (Å²) in [7, 11) is 0. The number of fused-ring (bicyclic) bond motifs is 1. The molecule has 1 aromatic heterocycles. The third-order valence-corrected chi connectivity index (χ3v) is 4.11. The molecule has 1 aliphatic carbocycles. The summed E-state index contributed by atoms with van der Waals surface area (Å²) in [5.74, 6) is -0.294. The van der Waals surface area contributed by atoms with E-state index >= 15 is 0 Å². The number of rotatable bonds is 1. The van der Waals surface area contributed by atoms with Gasteiger partial charge in [-0.3, -0.25) is 0 Å². The number of H-pyrrole nitrogens is 1. The fourth-order valence-corrected chi connectivity index (χ4v) is 2.95. The maximum absolute atomic E-state index is 14.5. The molecule has 1 aromatic carbocycles. The van der Waals surface area contributed by atoms with Gasteiger partial charge in [0.05, 0.1) is 11.1 Å². The molecule has 0 fully saturated rings. The Morgan fingerprint density at radius 2 is 2.15 bits per heavy atom. The van der Waals surface area contributed by atoms with Crippen LogP contribution in [-0.2, 0) is 0 Å². The molecule has 1 aliphatic rings. The van der Waals surface area contributed by atoms with Crippen molar-refractivity contribution in [2.45, 2.75) is 33.1 Å². The molecule has 0 saturated carbocycles. The van der Waals surface area contributed by atoms with Crippen molar-refractivity contribution >= 4 is 16.5 Å². The molecule has 2 nitrogen and oxygen atoms in total. The van der Waals surface area contributed by atoms with E-state index in [0.717, 1.165) is 47.0 Å². The highest BCUT2D eigenvalue weighted by Crippen LogP contribution is 2.37. The van der Waals surface area contributed by atoms with Gasteiger partial charge in [-0.1, -0.05) is 6.08 Å². The molecule has 0 aliphatic heterocycles. The highest BCUT2D eigenvalue weighted by atomic mass is 19.1. The Kier molecular flexibility index (Phi) is 3.10. The van der Waals surface area contributed by atoms with E-state index in [4.69, 9.17) is 0 Å². The van der Waals surface area contributed by atoms with Gasteiger partial charge in [0.15, 0.2) is 0 Å². The van der Waals surface area contributed by atoms with E-state index in [2.05, 4.69) is 17.5 Å². The largest absolute Gasteiger partial charge is 0.357 e. The van der Waals surface area contributed by atoms with Crippen LogP contribution < -0.4 is 0 Å². The minimum Gasteiger partial charge on any atom is -0.357 e. The number of nitrogens with one attached hydrogen (secondary N) is 1. The summed E-state index contributed by atoms with van der Waals surface area (Å²) >= 11 is 0. The number of hydrogen-bond donors (Lipinski definition) is 1. The molecular weight excluding hydrogens is 251 g/mol. The first kappa shape index (κ1) is 12.9. The minimum absolute atomic E-state index is 0.294. The Morgan fingerprint density at radius 3 is 2.80 bits per heavy atom. The van der Waals surface area contributed by atoms with Crippen LogP contribution in [-0.4, -0.2) is 4.98 Å². The van der Waals surface area contributed by atoms with E-state index < -0.39 is 0 Å². The molecular formula is C17H16FN2. The molecule has 0 bridgehead atoms. The van der Waals surface area contributed by atoms with Crippen LogP contribution in [0.2, 0.25) is 0 Å². The fraction of sp³-hybridized carbons (Fsp3) is 0.294. The van der Waals surface area contributed by atoms with Crippen LogP contribution in [0.5, 0.6) is 0 Å². The fourth-order valence-electron chi connectivity index (χ4n) is 2.95. The molecule has 1 N–H and O–H groups in total. The van der Waals surface area contributed by atoms with Crippen molar-refractivity contribution in [2.24, 2.45) is 0 Å². The van der Waals surface area contributed by atoms with E-state index in [-0.39, 0.29) is 5.82 Å². The summed E-state index contributed by atoms with van der Waals surface area (Å²) in [5.41, 5.74) is 4.84. The summed E-state index contributed by atoms with van der Waals surface area (Å²) in [6, 6.07) is 3.43. The number of halogens is 1. The average molecular weight is 267 g/mol. The van der Waals surface area contributed by atoms with Gasteiger partial charge < -0.3 is 4.98 Å². The van der Waals surface area contributed by atoms with Crippen molar-refractivity contribution in [1.29, 1.82) is 5.26 Å². The van der Waals surface area contributed by atoms with E-state index in [9.17, 15) is 9.65 Å². The first-order chi connectivity index (χ1) is 9.63. The average Bonchev–Trinajstić information content (AvgIpc) is 2.75. The summed E-state index contributed by atoms with van der Waals surface area (Å²) in [6.07, 6.45) is 7.11. The number of nitrogens with zero attached hydrogens (tertiary/aromatic N) is 1. The van der Waals surface area contributed by atoms with Crippen molar-refractivity contribution in [3.63, 3.8) is 0 Å². The number of aromatic amines is 1. The lowest BCUT2D eigenvalue weighted by Gasteiger charge is -2.15.